The molecule has 0 N–H and O–H groups in total. The summed E-state index contributed by atoms with van der Waals surface area (Å²) >= 11 is 5.49. The van der Waals surface area contributed by atoms with E-state index in [1.807, 2.05) is 0 Å². The molecule has 1 aromatic carbocycles. The topological polar surface area (TPSA) is 67.2 Å². The van der Waals surface area contributed by atoms with Gasteiger partial charge in [0.1, 0.15) is 5.75 Å². The van der Waals surface area contributed by atoms with E-state index in [4.69, 9.17) is 27.5 Å². The third-order valence-electron chi connectivity index (χ3n) is 1.91. The smallest absolute Gasteiger partial charge is 0.387 e. The van der Waals surface area contributed by atoms with Gasteiger partial charge in [-0.1, -0.05) is 0 Å². The molecule has 98 valence electrons. The second-order valence-corrected chi connectivity index (χ2v) is 5.81. The molecule has 18 heavy (non-hydrogen) atoms. The van der Waals surface area contributed by atoms with Crippen LogP contribution in [0.4, 0.5) is 8.78 Å². The highest BCUT2D eigenvalue weighted by molar-refractivity contribution is 8.13. The molecular formula is C9H5Cl2F2NO3S. The first kappa shape index (κ1) is 15.0. The summed E-state index contributed by atoms with van der Waals surface area (Å²) < 4.78 is 51.0. The molecule has 0 aliphatic heterocycles. The summed E-state index contributed by atoms with van der Waals surface area (Å²) in [6, 6.07) is 3.52. The lowest BCUT2D eigenvalue weighted by Gasteiger charge is -2.12. The molecular weight excluding hydrogens is 311 g/mol. The zero-order valence-corrected chi connectivity index (χ0v) is 10.9. The molecule has 0 aromatic heterocycles. The number of rotatable bonds is 4. The molecule has 0 unspecified atom stereocenters. The molecule has 0 fully saturated rings. The number of benzene rings is 1. The molecule has 4 nitrogen and oxygen atoms in total. The van der Waals surface area contributed by atoms with Crippen LogP contribution in [-0.4, -0.2) is 15.0 Å². The number of hydrogen-bond donors (Lipinski definition) is 0. The zero-order chi connectivity index (χ0) is 13.9. The zero-order valence-electron chi connectivity index (χ0n) is 8.53. The Balaban J connectivity index is 3.56. The average molecular weight is 316 g/mol. The molecule has 0 aliphatic rings. The molecule has 0 aliphatic carbocycles. The number of halogens is 4. The van der Waals surface area contributed by atoms with Gasteiger partial charge in [0, 0.05) is 16.2 Å². The van der Waals surface area contributed by atoms with Crippen LogP contribution >= 0.6 is 22.3 Å². The highest BCUT2D eigenvalue weighted by atomic mass is 35.7. The highest BCUT2D eigenvalue weighted by Gasteiger charge is 2.22. The number of nitriles is 1. The lowest BCUT2D eigenvalue weighted by Crippen LogP contribution is -2.07. The van der Waals surface area contributed by atoms with Gasteiger partial charge in [0.15, 0.2) is 0 Å². The van der Waals surface area contributed by atoms with Crippen molar-refractivity contribution in [2.75, 3.05) is 0 Å². The number of nitrogens with zero attached hydrogens (tertiary/aromatic N) is 1. The van der Waals surface area contributed by atoms with Gasteiger partial charge in [-0.25, -0.2) is 8.42 Å². The SMILES string of the molecule is N#Cc1cc(OC(F)F)c(CCl)c(S(=O)(=O)Cl)c1. The standard InChI is InChI=1S/C9H5Cl2F2NO3S/c10-3-6-7(17-9(12)13)1-5(4-14)2-8(6)18(11,15)16/h1-2,9H,3H2. The van der Waals surface area contributed by atoms with Gasteiger partial charge in [0.25, 0.3) is 9.05 Å². The van der Waals surface area contributed by atoms with Gasteiger partial charge in [0.05, 0.1) is 22.4 Å². The van der Waals surface area contributed by atoms with E-state index >= 15 is 0 Å². The highest BCUT2D eigenvalue weighted by Crippen LogP contribution is 2.32. The Labute approximate surface area is 111 Å². The number of ether oxygens (including phenoxy) is 1. The van der Waals surface area contributed by atoms with E-state index in [0.717, 1.165) is 12.1 Å². The van der Waals surface area contributed by atoms with E-state index < -0.39 is 32.2 Å². The molecule has 0 bridgehead atoms. The number of hydrogen-bond acceptors (Lipinski definition) is 4. The van der Waals surface area contributed by atoms with Crippen molar-refractivity contribution in [2.45, 2.75) is 17.4 Å². The first-order valence-corrected chi connectivity index (χ1v) is 7.16. The third-order valence-corrected chi connectivity index (χ3v) is 3.57. The Kier molecular flexibility index (Phi) is 4.73. The van der Waals surface area contributed by atoms with Crippen LogP contribution in [0.15, 0.2) is 17.0 Å². The van der Waals surface area contributed by atoms with E-state index in [9.17, 15) is 17.2 Å². The summed E-state index contributed by atoms with van der Waals surface area (Å²) in [6.45, 7) is -3.17. The van der Waals surface area contributed by atoms with Gasteiger partial charge >= 0.3 is 6.61 Å². The first-order valence-electron chi connectivity index (χ1n) is 4.32. The van der Waals surface area contributed by atoms with Crippen molar-refractivity contribution in [3.63, 3.8) is 0 Å². The Morgan fingerprint density at radius 2 is 2.06 bits per heavy atom. The maximum Gasteiger partial charge on any atom is 0.387 e. The van der Waals surface area contributed by atoms with Crippen molar-refractivity contribution >= 4 is 31.3 Å². The van der Waals surface area contributed by atoms with Crippen LogP contribution in [0.3, 0.4) is 0 Å². The second-order valence-electron chi connectivity index (χ2n) is 3.01. The lowest BCUT2D eigenvalue weighted by atomic mass is 10.1. The molecule has 0 saturated carbocycles. The largest absolute Gasteiger partial charge is 0.434 e. The summed E-state index contributed by atoms with van der Waals surface area (Å²) in [4.78, 5) is -0.520. The van der Waals surface area contributed by atoms with Crippen molar-refractivity contribution in [1.82, 2.24) is 0 Å². The van der Waals surface area contributed by atoms with Gasteiger partial charge in [-0.2, -0.15) is 14.0 Å². The van der Waals surface area contributed by atoms with Gasteiger partial charge in [-0.3, -0.25) is 0 Å². The van der Waals surface area contributed by atoms with Crippen LogP contribution in [0.25, 0.3) is 0 Å². The molecule has 1 rings (SSSR count). The van der Waals surface area contributed by atoms with Crippen molar-refractivity contribution in [1.29, 1.82) is 5.26 Å². The van der Waals surface area contributed by atoms with E-state index in [1.165, 1.54) is 0 Å². The first-order chi connectivity index (χ1) is 8.29. The summed E-state index contributed by atoms with van der Waals surface area (Å²) in [5.74, 6) is -0.895. The van der Waals surface area contributed by atoms with Crippen LogP contribution in [0.5, 0.6) is 5.75 Å². The lowest BCUT2D eigenvalue weighted by molar-refractivity contribution is -0.0505. The maximum absolute atomic E-state index is 12.2. The van der Waals surface area contributed by atoms with Crippen LogP contribution in [0.1, 0.15) is 11.1 Å². The molecule has 0 amide bonds. The fourth-order valence-corrected chi connectivity index (χ4v) is 2.74. The molecule has 0 atom stereocenters. The Morgan fingerprint density at radius 3 is 2.44 bits per heavy atom. The summed E-state index contributed by atoms with van der Waals surface area (Å²) in [7, 11) is 0.916. The van der Waals surface area contributed by atoms with Crippen molar-refractivity contribution < 1.29 is 21.9 Å². The molecule has 9 heteroatoms. The summed E-state index contributed by atoms with van der Waals surface area (Å²) in [6.07, 6.45) is 0. The Hall–Kier alpha value is -1.10. The van der Waals surface area contributed by atoms with Crippen molar-refractivity contribution in [3.05, 3.63) is 23.3 Å². The van der Waals surface area contributed by atoms with Crippen molar-refractivity contribution in [2.24, 2.45) is 0 Å². The van der Waals surface area contributed by atoms with E-state index in [-0.39, 0.29) is 11.1 Å². The molecule has 0 radical (unpaired) electrons. The predicted octanol–water partition coefficient (Wildman–Crippen LogP) is 2.83. The van der Waals surface area contributed by atoms with Crippen LogP contribution < -0.4 is 4.74 Å². The molecule has 0 spiro atoms. The number of alkyl halides is 3. The average Bonchev–Trinajstić information content (AvgIpc) is 2.25. The van der Waals surface area contributed by atoms with Gasteiger partial charge in [-0.15, -0.1) is 11.6 Å². The van der Waals surface area contributed by atoms with Crippen molar-refractivity contribution in [3.8, 4) is 11.8 Å². The maximum atomic E-state index is 12.2. The van der Waals surface area contributed by atoms with Crippen LogP contribution in [0.2, 0.25) is 0 Å². The van der Waals surface area contributed by atoms with E-state index in [1.54, 1.807) is 6.07 Å². The van der Waals surface area contributed by atoms with Crippen LogP contribution in [0, 0.1) is 11.3 Å². The predicted molar refractivity (Wildman–Crippen MR) is 60.4 cm³/mol. The van der Waals surface area contributed by atoms with E-state index in [0.29, 0.717) is 0 Å². The normalized spacial score (nSPS) is 11.3. The van der Waals surface area contributed by atoms with E-state index in [2.05, 4.69) is 4.74 Å². The quantitative estimate of drug-likeness (QED) is 0.633. The minimum absolute atomic E-state index is 0.182. The Bertz CT molecular complexity index is 599. The monoisotopic (exact) mass is 315 g/mol. The van der Waals surface area contributed by atoms with Gasteiger partial charge in [0.2, 0.25) is 0 Å². The molecule has 0 heterocycles. The van der Waals surface area contributed by atoms with Crippen LogP contribution in [-0.2, 0) is 14.9 Å². The minimum Gasteiger partial charge on any atom is -0.434 e. The molecule has 1 aromatic rings. The van der Waals surface area contributed by atoms with Gasteiger partial charge < -0.3 is 4.74 Å². The fourth-order valence-electron chi connectivity index (χ4n) is 1.23. The minimum atomic E-state index is -4.22. The fraction of sp³-hybridized carbons (Fsp3) is 0.222. The summed E-state index contributed by atoms with van der Waals surface area (Å²) in [5.41, 5.74) is -0.398. The third kappa shape index (κ3) is 3.45. The van der Waals surface area contributed by atoms with Gasteiger partial charge in [-0.05, 0) is 12.1 Å². The Morgan fingerprint density at radius 1 is 1.44 bits per heavy atom. The summed E-state index contributed by atoms with van der Waals surface area (Å²) in [5, 5.41) is 8.69. The molecule has 0 saturated heterocycles. The second kappa shape index (κ2) is 5.69.